The van der Waals surface area contributed by atoms with Crippen LogP contribution in [0.25, 0.3) is 0 Å². The van der Waals surface area contributed by atoms with E-state index >= 15 is 0 Å². The number of rotatable bonds is 5. The molecule has 158 valence electrons. The summed E-state index contributed by atoms with van der Waals surface area (Å²) < 4.78 is 54.8. The summed E-state index contributed by atoms with van der Waals surface area (Å²) in [7, 11) is -7.62. The van der Waals surface area contributed by atoms with Crippen LogP contribution in [0, 0.1) is 13.8 Å². The summed E-state index contributed by atoms with van der Waals surface area (Å²) in [6.07, 6.45) is 0.362. The number of sulfonamides is 2. The molecule has 1 aliphatic rings. The fourth-order valence-electron chi connectivity index (χ4n) is 3.43. The smallest absolute Gasteiger partial charge is 0.246 e. The molecule has 1 saturated heterocycles. The van der Waals surface area contributed by atoms with Crippen molar-refractivity contribution in [2.24, 2.45) is 0 Å². The van der Waals surface area contributed by atoms with Crippen molar-refractivity contribution >= 4 is 25.8 Å². The van der Waals surface area contributed by atoms with E-state index in [1.165, 1.54) is 33.7 Å². The average molecular weight is 441 g/mol. The second-order valence-electron chi connectivity index (χ2n) is 7.01. The molecular weight excluding hydrogens is 416 g/mol. The molecule has 1 aromatic carbocycles. The molecule has 0 saturated carbocycles. The van der Waals surface area contributed by atoms with Gasteiger partial charge in [0.15, 0.2) is 5.78 Å². The van der Waals surface area contributed by atoms with Crippen LogP contribution in [0.4, 0.5) is 0 Å². The molecule has 0 atom stereocenters. The molecule has 0 spiro atoms. The average Bonchev–Trinajstić information content (AvgIpc) is 2.87. The number of hydrogen-bond acceptors (Lipinski definition) is 6. The van der Waals surface area contributed by atoms with Crippen LogP contribution in [0.3, 0.4) is 0 Å². The molecule has 11 heteroatoms. The first-order chi connectivity index (χ1) is 13.5. The molecule has 2 heterocycles. The topological polar surface area (TPSA) is 121 Å². The van der Waals surface area contributed by atoms with Crippen molar-refractivity contribution in [2.45, 2.75) is 37.0 Å². The molecule has 0 amide bonds. The first-order valence-electron chi connectivity index (χ1n) is 9.18. The van der Waals surface area contributed by atoms with E-state index in [1.54, 1.807) is 19.9 Å². The summed E-state index contributed by atoms with van der Waals surface area (Å²) in [5.74, 6) is -0.221. The van der Waals surface area contributed by atoms with Crippen LogP contribution in [0.15, 0.2) is 34.1 Å². The summed E-state index contributed by atoms with van der Waals surface area (Å²) in [4.78, 5) is 11.8. The number of aryl methyl sites for hydroxylation is 2. The molecule has 0 radical (unpaired) electrons. The van der Waals surface area contributed by atoms with E-state index in [0.29, 0.717) is 23.4 Å². The predicted molar refractivity (Wildman–Crippen MR) is 107 cm³/mol. The zero-order valence-corrected chi connectivity index (χ0v) is 18.2. The Bertz CT molecular complexity index is 1120. The first-order valence-corrected chi connectivity index (χ1v) is 12.1. The van der Waals surface area contributed by atoms with E-state index in [4.69, 9.17) is 0 Å². The van der Waals surface area contributed by atoms with E-state index in [1.807, 2.05) is 0 Å². The molecule has 0 bridgehead atoms. The number of ketones is 1. The Balaban J connectivity index is 1.84. The number of aromatic amines is 1. The maximum absolute atomic E-state index is 13.0. The molecule has 0 unspecified atom stereocenters. The van der Waals surface area contributed by atoms with Crippen molar-refractivity contribution in [1.29, 1.82) is 0 Å². The number of benzene rings is 1. The van der Waals surface area contributed by atoms with Gasteiger partial charge in [-0.3, -0.25) is 9.89 Å². The van der Waals surface area contributed by atoms with Gasteiger partial charge < -0.3 is 0 Å². The Morgan fingerprint density at radius 2 is 1.62 bits per heavy atom. The number of nitrogens with zero attached hydrogens (tertiary/aromatic N) is 3. The Kier molecular flexibility index (Phi) is 5.95. The molecule has 2 aromatic rings. The van der Waals surface area contributed by atoms with Gasteiger partial charge in [0.1, 0.15) is 4.90 Å². The van der Waals surface area contributed by atoms with Crippen molar-refractivity contribution in [3.05, 3.63) is 41.2 Å². The number of Topliss-reactive ketones (excluding diaryl/α,β-unsaturated/α-hetero) is 1. The zero-order valence-electron chi connectivity index (χ0n) is 16.5. The number of aromatic nitrogens is 2. The molecule has 0 aliphatic carbocycles. The van der Waals surface area contributed by atoms with Gasteiger partial charge in [-0.2, -0.15) is 13.7 Å². The van der Waals surface area contributed by atoms with Crippen molar-refractivity contribution in [1.82, 2.24) is 18.8 Å². The van der Waals surface area contributed by atoms with Gasteiger partial charge in [0.2, 0.25) is 20.0 Å². The first kappa shape index (κ1) is 21.6. The minimum Gasteiger partial charge on any atom is -0.295 e. The van der Waals surface area contributed by atoms with Gasteiger partial charge in [-0.15, -0.1) is 0 Å². The quantitative estimate of drug-likeness (QED) is 0.700. The van der Waals surface area contributed by atoms with Crippen molar-refractivity contribution in [3.8, 4) is 0 Å². The Morgan fingerprint density at radius 3 is 2.17 bits per heavy atom. The van der Waals surface area contributed by atoms with E-state index in [0.717, 1.165) is 0 Å². The minimum atomic E-state index is -3.84. The van der Waals surface area contributed by atoms with Crippen LogP contribution in [-0.4, -0.2) is 67.6 Å². The van der Waals surface area contributed by atoms with E-state index < -0.39 is 20.0 Å². The summed E-state index contributed by atoms with van der Waals surface area (Å²) in [5, 5.41) is 6.63. The maximum atomic E-state index is 13.0. The lowest BCUT2D eigenvalue weighted by molar-refractivity contribution is 0.101. The van der Waals surface area contributed by atoms with Gasteiger partial charge in [0.05, 0.1) is 16.3 Å². The Hall–Kier alpha value is -2.08. The van der Waals surface area contributed by atoms with Crippen molar-refractivity contribution < 1.29 is 21.6 Å². The summed E-state index contributed by atoms with van der Waals surface area (Å²) in [5.41, 5.74) is 1.16. The van der Waals surface area contributed by atoms with Crippen LogP contribution >= 0.6 is 0 Å². The largest absolute Gasteiger partial charge is 0.295 e. The van der Waals surface area contributed by atoms with E-state index in [2.05, 4.69) is 10.2 Å². The van der Waals surface area contributed by atoms with Gasteiger partial charge in [-0.05, 0) is 39.3 Å². The number of hydrogen-bond donors (Lipinski definition) is 1. The van der Waals surface area contributed by atoms with Crippen LogP contribution in [-0.2, 0) is 20.0 Å². The lowest BCUT2D eigenvalue weighted by atomic mass is 10.2. The summed E-state index contributed by atoms with van der Waals surface area (Å²) >= 11 is 0. The van der Waals surface area contributed by atoms with Gasteiger partial charge >= 0.3 is 0 Å². The molecule has 1 aliphatic heterocycles. The summed E-state index contributed by atoms with van der Waals surface area (Å²) in [6.45, 7) is 5.12. The van der Waals surface area contributed by atoms with Crippen LogP contribution < -0.4 is 0 Å². The van der Waals surface area contributed by atoms with E-state index in [9.17, 15) is 21.6 Å². The fraction of sp³-hybridized carbons (Fsp3) is 0.444. The molecule has 1 N–H and O–H groups in total. The summed E-state index contributed by atoms with van der Waals surface area (Å²) in [6, 6.07) is 5.89. The molecule has 3 rings (SSSR count). The lowest BCUT2D eigenvalue weighted by Gasteiger charge is -2.22. The van der Waals surface area contributed by atoms with Gasteiger partial charge in [-0.1, -0.05) is 12.1 Å². The van der Waals surface area contributed by atoms with Gasteiger partial charge in [-0.25, -0.2) is 16.8 Å². The number of H-pyrrole nitrogens is 1. The second kappa shape index (κ2) is 7.98. The Morgan fingerprint density at radius 1 is 1.00 bits per heavy atom. The fourth-order valence-corrected chi connectivity index (χ4v) is 6.74. The molecule has 1 aromatic heterocycles. The molecule has 29 heavy (non-hydrogen) atoms. The van der Waals surface area contributed by atoms with Gasteiger partial charge in [0, 0.05) is 31.7 Å². The minimum absolute atomic E-state index is 0.0296. The number of nitrogens with one attached hydrogen (secondary N) is 1. The number of carbonyl (C=O) groups is 1. The highest BCUT2D eigenvalue weighted by Gasteiger charge is 2.34. The molecule has 9 nitrogen and oxygen atoms in total. The monoisotopic (exact) mass is 440 g/mol. The van der Waals surface area contributed by atoms with Gasteiger partial charge in [0.25, 0.3) is 0 Å². The van der Waals surface area contributed by atoms with Crippen molar-refractivity contribution in [3.63, 3.8) is 0 Å². The third-order valence-corrected chi connectivity index (χ3v) is 9.01. The highest BCUT2D eigenvalue weighted by molar-refractivity contribution is 7.89. The second-order valence-corrected chi connectivity index (χ2v) is 10.8. The van der Waals surface area contributed by atoms with Crippen LogP contribution in [0.5, 0.6) is 0 Å². The van der Waals surface area contributed by atoms with Crippen molar-refractivity contribution in [2.75, 3.05) is 26.2 Å². The lowest BCUT2D eigenvalue weighted by Crippen LogP contribution is -2.37. The molecular formula is C18H24N4O5S2. The van der Waals surface area contributed by atoms with Crippen LogP contribution in [0.2, 0.25) is 0 Å². The third kappa shape index (κ3) is 4.13. The molecule has 1 fully saturated rings. The van der Waals surface area contributed by atoms with Crippen LogP contribution in [0.1, 0.15) is 35.1 Å². The Labute approximate surface area is 170 Å². The number of carbonyl (C=O) groups excluding carboxylic acids is 1. The highest BCUT2D eigenvalue weighted by Crippen LogP contribution is 2.25. The van der Waals surface area contributed by atoms with E-state index in [-0.39, 0.29) is 41.8 Å². The predicted octanol–water partition coefficient (Wildman–Crippen LogP) is 1.31. The standard InChI is InChI=1S/C18H24N4O5S2/c1-13-18(14(2)20-19-13)29(26,27)22-9-5-8-21(10-11-22)28(24,25)17-7-4-6-16(12-17)15(3)23/h4,6-7,12H,5,8-11H2,1-3H3,(H,19,20). The highest BCUT2D eigenvalue weighted by atomic mass is 32.2. The maximum Gasteiger partial charge on any atom is 0.246 e. The normalized spacial score (nSPS) is 17.2. The third-order valence-electron chi connectivity index (χ3n) is 4.95. The SMILES string of the molecule is CC(=O)c1cccc(S(=O)(=O)N2CCCN(S(=O)(=O)c3c(C)n[nH]c3C)CC2)c1. The zero-order chi connectivity index (χ0) is 21.4.